The number of ether oxygens (including phenoxy) is 2. The maximum atomic E-state index is 13.4. The van der Waals surface area contributed by atoms with Crippen LogP contribution in [-0.2, 0) is 6.61 Å². The van der Waals surface area contributed by atoms with Gasteiger partial charge in [0, 0.05) is 17.7 Å². The van der Waals surface area contributed by atoms with Gasteiger partial charge in [0.1, 0.15) is 24.8 Å². The highest BCUT2D eigenvalue weighted by molar-refractivity contribution is 5.63. The molecule has 2 aromatic carbocycles. The van der Waals surface area contributed by atoms with Crippen LogP contribution in [-0.4, -0.2) is 33.8 Å². The van der Waals surface area contributed by atoms with E-state index in [9.17, 15) is 4.39 Å². The van der Waals surface area contributed by atoms with Crippen molar-refractivity contribution in [2.45, 2.75) is 25.5 Å². The Labute approximate surface area is 179 Å². The predicted molar refractivity (Wildman–Crippen MR) is 116 cm³/mol. The van der Waals surface area contributed by atoms with Crippen LogP contribution in [0.5, 0.6) is 11.6 Å². The molecule has 158 valence electrons. The SMILES string of the molecule is Fc1cccc(COc2ccc3ncc(-c4ccc(OC[C@@H]5CCCN5)cc4)n3n2)c1. The van der Waals surface area contributed by atoms with E-state index in [1.807, 2.05) is 36.4 Å². The maximum absolute atomic E-state index is 13.4. The summed E-state index contributed by atoms with van der Waals surface area (Å²) in [5.74, 6) is 1.01. The molecule has 7 heteroatoms. The van der Waals surface area contributed by atoms with Gasteiger partial charge in [0.15, 0.2) is 5.65 Å². The summed E-state index contributed by atoms with van der Waals surface area (Å²) in [4.78, 5) is 4.43. The van der Waals surface area contributed by atoms with Gasteiger partial charge in [-0.05, 0) is 67.4 Å². The molecule has 0 unspecified atom stereocenters. The summed E-state index contributed by atoms with van der Waals surface area (Å²) in [6.45, 7) is 1.99. The average molecular weight is 418 g/mol. The first-order valence-corrected chi connectivity index (χ1v) is 10.4. The summed E-state index contributed by atoms with van der Waals surface area (Å²) in [5, 5.41) is 7.99. The zero-order valence-corrected chi connectivity index (χ0v) is 17.0. The Bertz CT molecular complexity index is 1170. The highest BCUT2D eigenvalue weighted by atomic mass is 19.1. The molecule has 0 bridgehead atoms. The van der Waals surface area contributed by atoms with Crippen molar-refractivity contribution in [2.75, 3.05) is 13.2 Å². The molecule has 0 radical (unpaired) electrons. The number of halogens is 1. The van der Waals surface area contributed by atoms with E-state index in [0.717, 1.165) is 41.2 Å². The quantitative estimate of drug-likeness (QED) is 0.486. The van der Waals surface area contributed by atoms with Crippen molar-refractivity contribution < 1.29 is 13.9 Å². The van der Waals surface area contributed by atoms with Crippen LogP contribution in [0.15, 0.2) is 66.9 Å². The second kappa shape index (κ2) is 8.73. The predicted octanol–water partition coefficient (Wildman–Crippen LogP) is 4.25. The monoisotopic (exact) mass is 418 g/mol. The highest BCUT2D eigenvalue weighted by Gasteiger charge is 2.14. The Morgan fingerprint density at radius 3 is 2.77 bits per heavy atom. The minimum atomic E-state index is -0.284. The van der Waals surface area contributed by atoms with Crippen LogP contribution in [0.3, 0.4) is 0 Å². The number of aromatic nitrogens is 3. The number of hydrogen-bond donors (Lipinski definition) is 1. The Balaban J connectivity index is 1.30. The number of benzene rings is 2. The number of hydrogen-bond acceptors (Lipinski definition) is 5. The maximum Gasteiger partial charge on any atom is 0.232 e. The van der Waals surface area contributed by atoms with Crippen molar-refractivity contribution in [1.82, 2.24) is 19.9 Å². The number of imidazole rings is 1. The first-order valence-electron chi connectivity index (χ1n) is 10.4. The summed E-state index contributed by atoms with van der Waals surface area (Å²) in [5.41, 5.74) is 3.31. The summed E-state index contributed by atoms with van der Waals surface area (Å²) < 4.78 is 26.8. The second-order valence-corrected chi connectivity index (χ2v) is 7.63. The van der Waals surface area contributed by atoms with E-state index in [4.69, 9.17) is 9.47 Å². The number of fused-ring (bicyclic) bond motifs is 1. The fourth-order valence-corrected chi connectivity index (χ4v) is 3.73. The lowest BCUT2D eigenvalue weighted by Crippen LogP contribution is -2.28. The highest BCUT2D eigenvalue weighted by Crippen LogP contribution is 2.24. The third-order valence-electron chi connectivity index (χ3n) is 5.38. The molecule has 0 aliphatic carbocycles. The minimum Gasteiger partial charge on any atom is -0.492 e. The molecular weight excluding hydrogens is 395 g/mol. The molecule has 31 heavy (non-hydrogen) atoms. The molecule has 1 saturated heterocycles. The van der Waals surface area contributed by atoms with Crippen molar-refractivity contribution in [3.8, 4) is 22.9 Å². The van der Waals surface area contributed by atoms with Crippen LogP contribution in [0.1, 0.15) is 18.4 Å². The average Bonchev–Trinajstić information content (AvgIpc) is 3.46. The zero-order chi connectivity index (χ0) is 21.0. The molecule has 0 amide bonds. The largest absolute Gasteiger partial charge is 0.492 e. The molecule has 1 fully saturated rings. The van der Waals surface area contributed by atoms with Crippen LogP contribution >= 0.6 is 0 Å². The molecular formula is C24H23FN4O2. The van der Waals surface area contributed by atoms with Crippen LogP contribution < -0.4 is 14.8 Å². The molecule has 3 heterocycles. The van der Waals surface area contributed by atoms with Gasteiger partial charge in [0.05, 0.1) is 11.9 Å². The van der Waals surface area contributed by atoms with E-state index < -0.39 is 0 Å². The van der Waals surface area contributed by atoms with Gasteiger partial charge in [-0.15, -0.1) is 5.10 Å². The normalized spacial score (nSPS) is 16.0. The van der Waals surface area contributed by atoms with Crippen LogP contribution in [0.25, 0.3) is 16.9 Å². The molecule has 6 nitrogen and oxygen atoms in total. The lowest BCUT2D eigenvalue weighted by atomic mass is 10.1. The summed E-state index contributed by atoms with van der Waals surface area (Å²) in [6, 6.07) is 18.3. The van der Waals surface area contributed by atoms with Gasteiger partial charge < -0.3 is 14.8 Å². The van der Waals surface area contributed by atoms with Crippen LogP contribution in [0.2, 0.25) is 0 Å². The molecule has 2 aromatic heterocycles. The van der Waals surface area contributed by atoms with Gasteiger partial charge >= 0.3 is 0 Å². The standard InChI is InChI=1S/C24H23FN4O2/c25-19-4-1-3-17(13-19)15-31-24-11-10-23-27-14-22(29(23)28-24)18-6-8-21(9-7-18)30-16-20-5-2-12-26-20/h1,3-4,6-11,13-14,20,26H,2,5,12,15-16H2/t20-/m0/s1. The van der Waals surface area contributed by atoms with Crippen molar-refractivity contribution in [1.29, 1.82) is 0 Å². The second-order valence-electron chi connectivity index (χ2n) is 7.63. The fourth-order valence-electron chi connectivity index (χ4n) is 3.73. The minimum absolute atomic E-state index is 0.238. The van der Waals surface area contributed by atoms with Crippen molar-refractivity contribution in [3.63, 3.8) is 0 Å². The van der Waals surface area contributed by atoms with E-state index in [0.29, 0.717) is 18.5 Å². The third kappa shape index (κ3) is 4.51. The number of nitrogens with zero attached hydrogens (tertiary/aromatic N) is 3. The third-order valence-corrected chi connectivity index (χ3v) is 5.38. The Morgan fingerprint density at radius 1 is 1.06 bits per heavy atom. The van der Waals surface area contributed by atoms with Gasteiger partial charge in [-0.3, -0.25) is 0 Å². The number of nitrogens with one attached hydrogen (secondary N) is 1. The molecule has 4 aromatic rings. The van der Waals surface area contributed by atoms with Gasteiger partial charge in [0.2, 0.25) is 5.88 Å². The Kier molecular flexibility index (Phi) is 5.50. The van der Waals surface area contributed by atoms with Crippen molar-refractivity contribution >= 4 is 5.65 Å². The molecule has 1 N–H and O–H groups in total. The summed E-state index contributed by atoms with van der Waals surface area (Å²) in [6.07, 6.45) is 4.16. The van der Waals surface area contributed by atoms with Gasteiger partial charge in [-0.2, -0.15) is 0 Å². The molecule has 1 aliphatic heterocycles. The van der Waals surface area contributed by atoms with Gasteiger partial charge in [-0.1, -0.05) is 12.1 Å². The van der Waals surface area contributed by atoms with E-state index in [1.165, 1.54) is 18.6 Å². The Morgan fingerprint density at radius 2 is 1.97 bits per heavy atom. The van der Waals surface area contributed by atoms with E-state index in [2.05, 4.69) is 15.4 Å². The fraction of sp³-hybridized carbons (Fsp3) is 0.250. The summed E-state index contributed by atoms with van der Waals surface area (Å²) in [7, 11) is 0. The van der Waals surface area contributed by atoms with Gasteiger partial charge in [-0.25, -0.2) is 13.9 Å². The number of rotatable bonds is 7. The first kappa shape index (κ1) is 19.5. The van der Waals surface area contributed by atoms with Gasteiger partial charge in [0.25, 0.3) is 0 Å². The van der Waals surface area contributed by atoms with Crippen LogP contribution in [0.4, 0.5) is 4.39 Å². The summed E-state index contributed by atoms with van der Waals surface area (Å²) >= 11 is 0. The Hall–Kier alpha value is -3.45. The lowest BCUT2D eigenvalue weighted by molar-refractivity contribution is 0.277. The van der Waals surface area contributed by atoms with Crippen LogP contribution in [0, 0.1) is 5.82 Å². The van der Waals surface area contributed by atoms with E-state index in [-0.39, 0.29) is 12.4 Å². The van der Waals surface area contributed by atoms with E-state index >= 15 is 0 Å². The topological polar surface area (TPSA) is 60.7 Å². The molecule has 1 atom stereocenters. The molecule has 1 aliphatic rings. The zero-order valence-electron chi connectivity index (χ0n) is 17.0. The van der Waals surface area contributed by atoms with E-state index in [1.54, 1.807) is 22.8 Å². The van der Waals surface area contributed by atoms with Crippen molar-refractivity contribution in [3.05, 3.63) is 78.2 Å². The lowest BCUT2D eigenvalue weighted by Gasteiger charge is -2.12. The molecule has 0 saturated carbocycles. The van der Waals surface area contributed by atoms with Crippen molar-refractivity contribution in [2.24, 2.45) is 0 Å². The first-order chi connectivity index (χ1) is 15.2. The smallest absolute Gasteiger partial charge is 0.232 e. The molecule has 5 rings (SSSR count). The molecule has 0 spiro atoms.